The van der Waals surface area contributed by atoms with Crippen molar-refractivity contribution in [2.75, 3.05) is 14.2 Å². The molecule has 2 rings (SSSR count). The van der Waals surface area contributed by atoms with Crippen molar-refractivity contribution in [3.63, 3.8) is 0 Å². The summed E-state index contributed by atoms with van der Waals surface area (Å²) < 4.78 is 10.5. The molecule has 0 atom stereocenters. The van der Waals surface area contributed by atoms with E-state index in [9.17, 15) is 0 Å². The number of rotatable bonds is 5. The number of hydrogen-bond acceptors (Lipinski definition) is 3. The Hall–Kier alpha value is -1.39. The van der Waals surface area contributed by atoms with Gasteiger partial charge in [0.2, 0.25) is 0 Å². The van der Waals surface area contributed by atoms with E-state index in [0.717, 1.165) is 17.8 Å². The molecule has 18 heavy (non-hydrogen) atoms. The van der Waals surface area contributed by atoms with Gasteiger partial charge in [0.25, 0.3) is 0 Å². The van der Waals surface area contributed by atoms with E-state index < -0.39 is 0 Å². The minimum Gasteiger partial charge on any atom is -0.365 e. The highest BCUT2D eigenvalue weighted by atomic mass is 16.7. The molecule has 0 spiro atoms. The number of nitrogens with one attached hydrogen (secondary N) is 1. The Morgan fingerprint density at radius 2 is 2.06 bits per heavy atom. The lowest BCUT2D eigenvalue weighted by atomic mass is 9.86. The van der Waals surface area contributed by atoms with Crippen LogP contribution < -0.4 is 0 Å². The van der Waals surface area contributed by atoms with Crippen LogP contribution in [0, 0.1) is 5.41 Å². The zero-order chi connectivity index (χ0) is 13.2. The zero-order valence-corrected chi connectivity index (χ0v) is 11.4. The molecule has 0 saturated heterocycles. The van der Waals surface area contributed by atoms with Gasteiger partial charge < -0.3 is 14.5 Å². The molecule has 0 bridgehead atoms. The van der Waals surface area contributed by atoms with Crippen LogP contribution in [-0.4, -0.2) is 31.2 Å². The van der Waals surface area contributed by atoms with E-state index in [1.165, 1.54) is 5.69 Å². The first kappa shape index (κ1) is 13.1. The van der Waals surface area contributed by atoms with Gasteiger partial charge in [0.15, 0.2) is 6.29 Å². The normalized spacial score (nSPS) is 18.1. The summed E-state index contributed by atoms with van der Waals surface area (Å²) >= 11 is 0. The van der Waals surface area contributed by atoms with E-state index in [0.29, 0.717) is 0 Å². The predicted molar refractivity (Wildman–Crippen MR) is 71.6 cm³/mol. The van der Waals surface area contributed by atoms with Crippen LogP contribution in [0.3, 0.4) is 0 Å². The van der Waals surface area contributed by atoms with Gasteiger partial charge in [-0.3, -0.25) is 4.99 Å². The first-order valence-electron chi connectivity index (χ1n) is 6.05. The highest BCUT2D eigenvalue weighted by Gasteiger charge is 2.31. The van der Waals surface area contributed by atoms with Gasteiger partial charge >= 0.3 is 0 Å². The van der Waals surface area contributed by atoms with Gasteiger partial charge in [-0.1, -0.05) is 13.8 Å². The molecule has 2 heterocycles. The van der Waals surface area contributed by atoms with Gasteiger partial charge in [0.1, 0.15) is 0 Å². The minimum absolute atomic E-state index is 0.0598. The van der Waals surface area contributed by atoms with Gasteiger partial charge in [-0.25, -0.2) is 0 Å². The zero-order valence-electron chi connectivity index (χ0n) is 11.4. The fourth-order valence-electron chi connectivity index (χ4n) is 2.17. The third-order valence-corrected chi connectivity index (χ3v) is 3.21. The van der Waals surface area contributed by atoms with Crippen molar-refractivity contribution in [2.24, 2.45) is 10.4 Å². The summed E-state index contributed by atoms with van der Waals surface area (Å²) in [6.07, 6.45) is 4.48. The van der Waals surface area contributed by atoms with E-state index >= 15 is 0 Å². The quantitative estimate of drug-likeness (QED) is 0.814. The molecule has 1 aromatic rings. The lowest BCUT2D eigenvalue weighted by Gasteiger charge is -2.17. The molecule has 1 aliphatic heterocycles. The largest absolute Gasteiger partial charge is 0.365 e. The molecule has 1 aliphatic rings. The maximum atomic E-state index is 5.25. The number of nitrogens with zero attached hydrogens (tertiary/aromatic N) is 1. The molecule has 98 valence electrons. The molecular formula is C14H20N2O2. The first-order valence-corrected chi connectivity index (χ1v) is 6.05. The van der Waals surface area contributed by atoms with Gasteiger partial charge in [-0.15, -0.1) is 0 Å². The van der Waals surface area contributed by atoms with Crippen LogP contribution >= 0.6 is 0 Å². The summed E-state index contributed by atoms with van der Waals surface area (Å²) in [5.41, 5.74) is 3.09. The second-order valence-corrected chi connectivity index (χ2v) is 5.02. The molecule has 1 N–H and O–H groups in total. The van der Waals surface area contributed by atoms with Crippen molar-refractivity contribution in [2.45, 2.75) is 26.6 Å². The summed E-state index contributed by atoms with van der Waals surface area (Å²) in [6, 6.07) is 4.07. The summed E-state index contributed by atoms with van der Waals surface area (Å²) in [6.45, 7) is 4.31. The summed E-state index contributed by atoms with van der Waals surface area (Å²) in [7, 11) is 3.25. The fourth-order valence-corrected chi connectivity index (χ4v) is 2.17. The van der Waals surface area contributed by atoms with Crippen molar-refractivity contribution in [3.05, 3.63) is 35.8 Å². The summed E-state index contributed by atoms with van der Waals surface area (Å²) in [4.78, 5) is 7.87. The van der Waals surface area contributed by atoms with E-state index in [4.69, 9.17) is 9.47 Å². The highest BCUT2D eigenvalue weighted by Crippen LogP contribution is 2.32. The van der Waals surface area contributed by atoms with Crippen LogP contribution in [0.25, 0.3) is 0 Å². The second kappa shape index (κ2) is 5.08. The molecule has 4 nitrogen and oxygen atoms in total. The maximum absolute atomic E-state index is 5.25. The Morgan fingerprint density at radius 1 is 1.33 bits per heavy atom. The monoisotopic (exact) mass is 248 g/mol. The average Bonchev–Trinajstić information content (AvgIpc) is 2.90. The molecule has 0 unspecified atom stereocenters. The van der Waals surface area contributed by atoms with Crippen molar-refractivity contribution in [3.8, 4) is 0 Å². The van der Waals surface area contributed by atoms with Crippen LogP contribution in [0.4, 0.5) is 0 Å². The number of ether oxygens (including phenoxy) is 2. The van der Waals surface area contributed by atoms with Gasteiger partial charge in [0, 0.05) is 43.7 Å². The fraction of sp³-hybridized carbons (Fsp3) is 0.500. The molecule has 0 fully saturated rings. The van der Waals surface area contributed by atoms with Crippen molar-refractivity contribution in [1.82, 2.24) is 4.98 Å². The van der Waals surface area contributed by atoms with Crippen LogP contribution in [0.1, 0.15) is 19.5 Å². The van der Waals surface area contributed by atoms with Crippen LogP contribution in [0.5, 0.6) is 0 Å². The van der Waals surface area contributed by atoms with Gasteiger partial charge in [-0.2, -0.15) is 0 Å². The highest BCUT2D eigenvalue weighted by molar-refractivity contribution is 5.95. The number of aromatic nitrogens is 1. The maximum Gasteiger partial charge on any atom is 0.200 e. The van der Waals surface area contributed by atoms with Crippen molar-refractivity contribution >= 4 is 5.71 Å². The number of aliphatic imine (C=N–C) groups is 1. The topological polar surface area (TPSA) is 46.6 Å². The van der Waals surface area contributed by atoms with E-state index in [1.807, 2.05) is 12.3 Å². The molecule has 4 heteroatoms. The molecule has 0 radical (unpaired) electrons. The molecule has 0 saturated carbocycles. The van der Waals surface area contributed by atoms with Crippen LogP contribution in [-0.2, 0) is 15.9 Å². The van der Waals surface area contributed by atoms with Crippen LogP contribution in [0.2, 0.25) is 0 Å². The molecular weight excluding hydrogens is 228 g/mol. The second-order valence-electron chi connectivity index (χ2n) is 5.02. The third kappa shape index (κ3) is 2.54. The Morgan fingerprint density at radius 3 is 2.61 bits per heavy atom. The standard InChI is InChI=1S/C14H20N2O2/c1-14(2)9-11(13(17-3)18-4)16-12(14)8-10-6-5-7-15-10/h5-7,9,13,15H,8H2,1-4H3. The number of methoxy groups -OCH3 is 2. The molecule has 0 aliphatic carbocycles. The Balaban J connectivity index is 2.19. The Bertz CT molecular complexity index is 454. The average molecular weight is 248 g/mol. The number of allylic oxidation sites excluding steroid dienone is 1. The molecule has 0 amide bonds. The van der Waals surface area contributed by atoms with E-state index in [1.54, 1.807) is 14.2 Å². The summed E-state index contributed by atoms with van der Waals surface area (Å²) in [5.74, 6) is 0. The van der Waals surface area contributed by atoms with Gasteiger partial charge in [-0.05, 0) is 18.2 Å². The lowest BCUT2D eigenvalue weighted by molar-refractivity contribution is -0.0754. The predicted octanol–water partition coefficient (Wildman–Crippen LogP) is 2.54. The number of aromatic amines is 1. The molecule has 1 aromatic heterocycles. The van der Waals surface area contributed by atoms with Crippen molar-refractivity contribution < 1.29 is 9.47 Å². The SMILES string of the molecule is COC(OC)C1=CC(C)(C)C(Cc2ccc[nH]2)=N1. The van der Waals surface area contributed by atoms with Gasteiger partial charge in [0.05, 0.1) is 5.70 Å². The lowest BCUT2D eigenvalue weighted by Crippen LogP contribution is -2.21. The number of H-pyrrole nitrogens is 1. The van der Waals surface area contributed by atoms with Crippen molar-refractivity contribution in [1.29, 1.82) is 0 Å². The minimum atomic E-state index is -0.384. The Kier molecular flexibility index (Phi) is 3.68. The van der Waals surface area contributed by atoms with E-state index in [2.05, 4.69) is 36.0 Å². The van der Waals surface area contributed by atoms with E-state index in [-0.39, 0.29) is 11.7 Å². The number of hydrogen-bond donors (Lipinski definition) is 1. The third-order valence-electron chi connectivity index (χ3n) is 3.21. The Labute approximate surface area is 108 Å². The molecule has 0 aromatic carbocycles. The summed E-state index contributed by atoms with van der Waals surface area (Å²) in [5, 5.41) is 0. The van der Waals surface area contributed by atoms with Crippen LogP contribution in [0.15, 0.2) is 35.1 Å². The first-order chi connectivity index (χ1) is 8.56. The smallest absolute Gasteiger partial charge is 0.200 e.